The van der Waals surface area contributed by atoms with Crippen molar-refractivity contribution in [2.24, 2.45) is 0 Å². The van der Waals surface area contributed by atoms with Gasteiger partial charge in [-0.3, -0.25) is 9.59 Å². The van der Waals surface area contributed by atoms with Crippen LogP contribution in [0.5, 0.6) is 11.5 Å². The molecular formula is C25H32N2O4. The second-order valence-corrected chi connectivity index (χ2v) is 8.20. The number of amides is 2. The fourth-order valence-corrected chi connectivity index (χ4v) is 3.68. The van der Waals surface area contributed by atoms with Gasteiger partial charge in [-0.25, -0.2) is 0 Å². The normalized spacial score (nSPS) is 14.3. The number of aryl methyl sites for hydroxylation is 2. The first-order valence-corrected chi connectivity index (χ1v) is 10.8. The highest BCUT2D eigenvalue weighted by atomic mass is 16.5. The van der Waals surface area contributed by atoms with Gasteiger partial charge in [0.05, 0.1) is 0 Å². The van der Waals surface area contributed by atoms with E-state index >= 15 is 0 Å². The van der Waals surface area contributed by atoms with E-state index in [1.165, 1.54) is 0 Å². The summed E-state index contributed by atoms with van der Waals surface area (Å²) in [5.41, 5.74) is 4.38. The predicted molar refractivity (Wildman–Crippen MR) is 121 cm³/mol. The molecule has 0 radical (unpaired) electrons. The molecule has 1 heterocycles. The SMILES string of the molecule is Cc1cccc(OCC(=O)NC2CCN(C(=O)COc3cccc(C)c3C)CC2)c1C. The third-order valence-corrected chi connectivity index (χ3v) is 6.03. The molecular weight excluding hydrogens is 392 g/mol. The minimum Gasteiger partial charge on any atom is -0.483 e. The maximum absolute atomic E-state index is 12.5. The molecule has 1 fully saturated rings. The number of carbonyl (C=O) groups is 2. The van der Waals surface area contributed by atoms with E-state index in [0.717, 1.165) is 46.6 Å². The van der Waals surface area contributed by atoms with Gasteiger partial charge in [0, 0.05) is 19.1 Å². The van der Waals surface area contributed by atoms with E-state index in [1.807, 2.05) is 64.1 Å². The zero-order valence-corrected chi connectivity index (χ0v) is 18.9. The van der Waals surface area contributed by atoms with Crippen LogP contribution < -0.4 is 14.8 Å². The minimum absolute atomic E-state index is 0.00682. The number of rotatable bonds is 7. The van der Waals surface area contributed by atoms with E-state index in [0.29, 0.717) is 13.1 Å². The first-order chi connectivity index (χ1) is 14.8. The molecule has 31 heavy (non-hydrogen) atoms. The van der Waals surface area contributed by atoms with Crippen LogP contribution in [-0.2, 0) is 9.59 Å². The van der Waals surface area contributed by atoms with Gasteiger partial charge in [-0.1, -0.05) is 24.3 Å². The van der Waals surface area contributed by atoms with E-state index in [4.69, 9.17) is 9.47 Å². The summed E-state index contributed by atoms with van der Waals surface area (Å²) in [7, 11) is 0. The number of hydrogen-bond acceptors (Lipinski definition) is 4. The molecule has 2 amide bonds. The molecule has 0 bridgehead atoms. The number of nitrogens with one attached hydrogen (secondary N) is 1. The average Bonchev–Trinajstić information content (AvgIpc) is 2.76. The van der Waals surface area contributed by atoms with E-state index in [1.54, 1.807) is 4.90 Å². The molecule has 2 aromatic rings. The lowest BCUT2D eigenvalue weighted by atomic mass is 10.0. The number of benzene rings is 2. The smallest absolute Gasteiger partial charge is 0.260 e. The number of likely N-dealkylation sites (tertiary alicyclic amines) is 1. The summed E-state index contributed by atoms with van der Waals surface area (Å²) >= 11 is 0. The van der Waals surface area contributed by atoms with Crippen molar-refractivity contribution < 1.29 is 19.1 Å². The van der Waals surface area contributed by atoms with Gasteiger partial charge >= 0.3 is 0 Å². The van der Waals surface area contributed by atoms with Crippen LogP contribution in [0.4, 0.5) is 0 Å². The Morgan fingerprint density at radius 3 is 1.94 bits per heavy atom. The molecule has 166 valence electrons. The van der Waals surface area contributed by atoms with Crippen LogP contribution in [0.1, 0.15) is 35.1 Å². The number of carbonyl (C=O) groups excluding carboxylic acids is 2. The van der Waals surface area contributed by atoms with Gasteiger partial charge in [0.1, 0.15) is 11.5 Å². The average molecular weight is 425 g/mol. The first-order valence-electron chi connectivity index (χ1n) is 10.8. The highest BCUT2D eigenvalue weighted by molar-refractivity contribution is 5.79. The van der Waals surface area contributed by atoms with E-state index < -0.39 is 0 Å². The highest BCUT2D eigenvalue weighted by Crippen LogP contribution is 2.21. The lowest BCUT2D eigenvalue weighted by molar-refractivity contribution is -0.134. The summed E-state index contributed by atoms with van der Waals surface area (Å²) in [6, 6.07) is 11.7. The second-order valence-electron chi connectivity index (χ2n) is 8.20. The number of piperidine rings is 1. The van der Waals surface area contributed by atoms with Gasteiger partial charge in [-0.05, 0) is 74.9 Å². The highest BCUT2D eigenvalue weighted by Gasteiger charge is 2.24. The van der Waals surface area contributed by atoms with Gasteiger partial charge in [0.2, 0.25) is 0 Å². The number of ether oxygens (including phenoxy) is 2. The fraction of sp³-hybridized carbons (Fsp3) is 0.440. The van der Waals surface area contributed by atoms with Crippen molar-refractivity contribution in [2.45, 2.75) is 46.6 Å². The molecule has 0 spiro atoms. The third kappa shape index (κ3) is 6.00. The molecule has 6 heteroatoms. The number of hydrogen-bond donors (Lipinski definition) is 1. The number of nitrogens with zero attached hydrogens (tertiary/aromatic N) is 1. The largest absolute Gasteiger partial charge is 0.483 e. The van der Waals surface area contributed by atoms with Crippen molar-refractivity contribution in [2.75, 3.05) is 26.3 Å². The Morgan fingerprint density at radius 2 is 1.39 bits per heavy atom. The van der Waals surface area contributed by atoms with Gasteiger partial charge < -0.3 is 19.7 Å². The zero-order valence-electron chi connectivity index (χ0n) is 18.9. The summed E-state index contributed by atoms with van der Waals surface area (Å²) in [4.78, 5) is 26.6. The monoisotopic (exact) mass is 424 g/mol. The van der Waals surface area contributed by atoms with Crippen molar-refractivity contribution >= 4 is 11.8 Å². The molecule has 1 N–H and O–H groups in total. The fourth-order valence-electron chi connectivity index (χ4n) is 3.68. The minimum atomic E-state index is -0.135. The van der Waals surface area contributed by atoms with Crippen LogP contribution in [0.2, 0.25) is 0 Å². The molecule has 0 unspecified atom stereocenters. The molecule has 6 nitrogen and oxygen atoms in total. The maximum atomic E-state index is 12.5. The quantitative estimate of drug-likeness (QED) is 0.739. The first kappa shape index (κ1) is 22.7. The van der Waals surface area contributed by atoms with Crippen molar-refractivity contribution in [3.63, 3.8) is 0 Å². The Hall–Kier alpha value is -3.02. The molecule has 0 saturated carbocycles. The van der Waals surface area contributed by atoms with Gasteiger partial charge in [-0.15, -0.1) is 0 Å². The predicted octanol–water partition coefficient (Wildman–Crippen LogP) is 3.49. The Balaban J connectivity index is 1.39. The van der Waals surface area contributed by atoms with Crippen LogP contribution >= 0.6 is 0 Å². The molecule has 0 aromatic heterocycles. The van der Waals surface area contributed by atoms with Crippen LogP contribution in [0.15, 0.2) is 36.4 Å². The molecule has 3 rings (SSSR count). The topological polar surface area (TPSA) is 67.9 Å². The molecule has 1 saturated heterocycles. The van der Waals surface area contributed by atoms with Crippen molar-refractivity contribution in [1.29, 1.82) is 0 Å². The summed E-state index contributed by atoms with van der Waals surface area (Å²) in [6.45, 7) is 9.26. The van der Waals surface area contributed by atoms with Crippen molar-refractivity contribution in [3.8, 4) is 11.5 Å². The van der Waals surface area contributed by atoms with Crippen LogP contribution in [-0.4, -0.2) is 49.1 Å². The molecule has 2 aromatic carbocycles. The molecule has 0 aliphatic carbocycles. The van der Waals surface area contributed by atoms with Crippen LogP contribution in [0.25, 0.3) is 0 Å². The maximum Gasteiger partial charge on any atom is 0.260 e. The lowest BCUT2D eigenvalue weighted by Gasteiger charge is -2.32. The van der Waals surface area contributed by atoms with Gasteiger partial charge in [0.25, 0.3) is 11.8 Å². The molecule has 1 aliphatic heterocycles. The van der Waals surface area contributed by atoms with E-state index in [2.05, 4.69) is 5.32 Å². The van der Waals surface area contributed by atoms with Crippen LogP contribution in [0, 0.1) is 27.7 Å². The summed E-state index contributed by atoms with van der Waals surface area (Å²) in [6.07, 6.45) is 1.45. The Morgan fingerprint density at radius 1 is 0.871 bits per heavy atom. The Kier molecular flexibility index (Phi) is 7.55. The summed E-state index contributed by atoms with van der Waals surface area (Å²) in [5.74, 6) is 1.33. The summed E-state index contributed by atoms with van der Waals surface area (Å²) in [5, 5.41) is 3.02. The van der Waals surface area contributed by atoms with Gasteiger partial charge in [-0.2, -0.15) is 0 Å². The lowest BCUT2D eigenvalue weighted by Crippen LogP contribution is -2.48. The second kappa shape index (κ2) is 10.3. The standard InChI is InChI=1S/C25H32N2O4/c1-17-7-5-9-22(19(17)3)30-15-24(28)26-21-11-13-27(14-12-21)25(29)16-31-23-10-6-8-18(2)20(23)4/h5-10,21H,11-16H2,1-4H3,(H,26,28). The van der Waals surface area contributed by atoms with Crippen molar-refractivity contribution in [3.05, 3.63) is 58.7 Å². The van der Waals surface area contributed by atoms with Crippen LogP contribution in [0.3, 0.4) is 0 Å². The van der Waals surface area contributed by atoms with Gasteiger partial charge in [0.15, 0.2) is 13.2 Å². The Bertz CT molecular complexity index is 933. The van der Waals surface area contributed by atoms with Crippen molar-refractivity contribution in [1.82, 2.24) is 10.2 Å². The Labute approximate surface area is 184 Å². The van der Waals surface area contributed by atoms with E-state index in [-0.39, 0.29) is 31.1 Å². The molecule has 0 atom stereocenters. The zero-order chi connectivity index (χ0) is 22.4. The third-order valence-electron chi connectivity index (χ3n) is 6.03. The molecule has 1 aliphatic rings. The van der Waals surface area contributed by atoms with E-state index in [9.17, 15) is 9.59 Å². The summed E-state index contributed by atoms with van der Waals surface area (Å²) < 4.78 is 11.4.